The Morgan fingerprint density at radius 1 is 1.18 bits per heavy atom. The fraction of sp³-hybridized carbons (Fsp3) is 0.667. The molecule has 0 spiro atoms. The second kappa shape index (κ2) is 11.8. The second-order valence-electron chi connectivity index (χ2n) is 7.31. The first-order valence-corrected chi connectivity index (χ1v) is 12.8. The predicted octanol–water partition coefficient (Wildman–Crippen LogP) is 4.16. The third kappa shape index (κ3) is 7.41. The first-order valence-electron chi connectivity index (χ1n) is 10.3. The van der Waals surface area contributed by atoms with Crippen LogP contribution in [0.25, 0.3) is 0 Å². The zero-order chi connectivity index (χ0) is 20.4. The summed E-state index contributed by atoms with van der Waals surface area (Å²) in [5, 5.41) is -0.434. The van der Waals surface area contributed by atoms with Crippen LogP contribution in [-0.2, 0) is 14.6 Å². The average Bonchev–Trinajstić information content (AvgIpc) is 3.18. The van der Waals surface area contributed by atoms with Gasteiger partial charge in [-0.2, -0.15) is 0 Å². The van der Waals surface area contributed by atoms with Crippen molar-refractivity contribution in [2.24, 2.45) is 0 Å². The van der Waals surface area contributed by atoms with E-state index in [-0.39, 0.29) is 5.12 Å². The summed E-state index contributed by atoms with van der Waals surface area (Å²) < 4.78 is 32.1. The number of thioether (sulfide) groups is 1. The third-order valence-corrected chi connectivity index (χ3v) is 8.19. The van der Waals surface area contributed by atoms with Gasteiger partial charge in [0.05, 0.1) is 16.8 Å². The van der Waals surface area contributed by atoms with Gasteiger partial charge in [-0.25, -0.2) is 8.42 Å². The lowest BCUT2D eigenvalue weighted by Crippen LogP contribution is -2.29. The van der Waals surface area contributed by atoms with E-state index in [0.29, 0.717) is 35.8 Å². The molecule has 28 heavy (non-hydrogen) atoms. The van der Waals surface area contributed by atoms with Crippen LogP contribution in [0.4, 0.5) is 0 Å². The third-order valence-electron chi connectivity index (χ3n) is 5.07. The Bertz CT molecular complexity index is 698. The number of hydrogen-bond acceptors (Lipinski definition) is 6. The summed E-state index contributed by atoms with van der Waals surface area (Å²) in [6, 6.07) is 6.78. The molecule has 1 aromatic rings. The summed E-state index contributed by atoms with van der Waals surface area (Å²) in [6.45, 7) is 7.18. The van der Waals surface area contributed by atoms with Crippen LogP contribution in [0, 0.1) is 0 Å². The smallest absolute Gasteiger partial charge is 0.185 e. The molecule has 0 radical (unpaired) electrons. The zero-order valence-corrected chi connectivity index (χ0v) is 18.7. The van der Waals surface area contributed by atoms with Gasteiger partial charge in [0.2, 0.25) is 0 Å². The molecule has 0 amide bonds. The molecule has 0 aromatic heterocycles. The van der Waals surface area contributed by atoms with Gasteiger partial charge in [0.25, 0.3) is 0 Å². The van der Waals surface area contributed by atoms with Crippen molar-refractivity contribution in [1.29, 1.82) is 0 Å². The summed E-state index contributed by atoms with van der Waals surface area (Å²) in [5.74, 6) is 1.24. The van der Waals surface area contributed by atoms with Gasteiger partial charge in [-0.15, -0.1) is 0 Å². The molecule has 2 rings (SSSR count). The summed E-state index contributed by atoms with van der Waals surface area (Å²) in [7, 11) is -3.44. The Kier molecular flexibility index (Phi) is 9.82. The number of likely N-dealkylation sites (tertiary alicyclic amines) is 1. The molecular formula is C21H33NO4S2. The minimum Gasteiger partial charge on any atom is -0.494 e. The molecule has 1 saturated heterocycles. The standard InChI is InChI=1S/C21H33NO4S2/c1-3-4-16-26-19-7-9-20(10-8-19)28(24,25)21(12-17-27-18(2)23)11-15-22-13-5-6-14-22/h7-10,21H,3-6,11-17H2,1-2H3. The molecule has 1 heterocycles. The highest BCUT2D eigenvalue weighted by molar-refractivity contribution is 8.13. The number of hydrogen-bond donors (Lipinski definition) is 0. The molecule has 0 bridgehead atoms. The number of carbonyl (C=O) groups excluding carboxylic acids is 1. The maximum Gasteiger partial charge on any atom is 0.185 e. The largest absolute Gasteiger partial charge is 0.494 e. The summed E-state index contributed by atoms with van der Waals surface area (Å²) in [6.07, 6.45) is 5.52. The Balaban J connectivity index is 2.05. The highest BCUT2D eigenvalue weighted by atomic mass is 32.2. The first kappa shape index (κ1) is 23.2. The lowest BCUT2D eigenvalue weighted by Gasteiger charge is -2.21. The van der Waals surface area contributed by atoms with Crippen LogP contribution in [0.3, 0.4) is 0 Å². The van der Waals surface area contributed by atoms with Crippen molar-refractivity contribution in [3.8, 4) is 5.75 Å². The summed E-state index contributed by atoms with van der Waals surface area (Å²) >= 11 is 1.21. The lowest BCUT2D eigenvalue weighted by molar-refractivity contribution is -0.109. The number of benzene rings is 1. The molecule has 1 aliphatic rings. The molecule has 7 heteroatoms. The van der Waals surface area contributed by atoms with Gasteiger partial charge in [0.15, 0.2) is 15.0 Å². The van der Waals surface area contributed by atoms with E-state index in [4.69, 9.17) is 4.74 Å². The quantitative estimate of drug-likeness (QED) is 0.467. The van der Waals surface area contributed by atoms with Crippen molar-refractivity contribution in [1.82, 2.24) is 4.90 Å². The van der Waals surface area contributed by atoms with Crippen LogP contribution in [0.2, 0.25) is 0 Å². The SMILES string of the molecule is CCCCOc1ccc(S(=O)(=O)C(CCSC(C)=O)CCN2CCCC2)cc1. The Morgan fingerprint density at radius 3 is 2.46 bits per heavy atom. The fourth-order valence-corrected chi connectivity index (χ4v) is 5.96. The molecule has 0 saturated carbocycles. The van der Waals surface area contributed by atoms with E-state index < -0.39 is 15.1 Å². The van der Waals surface area contributed by atoms with E-state index in [9.17, 15) is 13.2 Å². The Morgan fingerprint density at radius 2 is 1.86 bits per heavy atom. The van der Waals surface area contributed by atoms with Gasteiger partial charge in [-0.1, -0.05) is 25.1 Å². The predicted molar refractivity (Wildman–Crippen MR) is 116 cm³/mol. The molecule has 158 valence electrons. The van der Waals surface area contributed by atoms with Gasteiger partial charge in [-0.3, -0.25) is 4.79 Å². The minimum atomic E-state index is -3.44. The van der Waals surface area contributed by atoms with E-state index in [2.05, 4.69) is 11.8 Å². The van der Waals surface area contributed by atoms with E-state index >= 15 is 0 Å². The first-order chi connectivity index (χ1) is 13.4. The molecular weight excluding hydrogens is 394 g/mol. The molecule has 0 aliphatic carbocycles. The van der Waals surface area contributed by atoms with Gasteiger partial charge in [-0.05, 0) is 76.0 Å². The van der Waals surface area contributed by atoms with Gasteiger partial charge in [0.1, 0.15) is 5.75 Å². The normalized spacial score (nSPS) is 16.2. The molecule has 1 aliphatic heterocycles. The van der Waals surface area contributed by atoms with Crippen molar-refractivity contribution in [2.75, 3.05) is 32.0 Å². The van der Waals surface area contributed by atoms with Crippen molar-refractivity contribution < 1.29 is 17.9 Å². The van der Waals surface area contributed by atoms with Crippen LogP contribution in [0.15, 0.2) is 29.2 Å². The fourth-order valence-electron chi connectivity index (χ4n) is 3.37. The molecule has 1 atom stereocenters. The Labute approximate surface area is 174 Å². The molecule has 5 nitrogen and oxygen atoms in total. The van der Waals surface area contributed by atoms with E-state index in [1.807, 2.05) is 0 Å². The molecule has 0 N–H and O–H groups in total. The topological polar surface area (TPSA) is 63.7 Å². The number of nitrogens with zero attached hydrogens (tertiary/aromatic N) is 1. The second-order valence-corrected chi connectivity index (χ2v) is 10.8. The zero-order valence-electron chi connectivity index (χ0n) is 17.1. The van der Waals surface area contributed by atoms with Gasteiger partial charge < -0.3 is 9.64 Å². The average molecular weight is 428 g/mol. The summed E-state index contributed by atoms with van der Waals surface area (Å²) in [4.78, 5) is 13.9. The van der Waals surface area contributed by atoms with E-state index in [1.54, 1.807) is 24.3 Å². The van der Waals surface area contributed by atoms with E-state index in [1.165, 1.54) is 31.5 Å². The minimum absolute atomic E-state index is 0.0317. The van der Waals surface area contributed by atoms with Crippen LogP contribution >= 0.6 is 11.8 Å². The number of rotatable bonds is 12. The maximum atomic E-state index is 13.2. The highest BCUT2D eigenvalue weighted by Gasteiger charge is 2.28. The molecule has 1 aromatic carbocycles. The van der Waals surface area contributed by atoms with Crippen molar-refractivity contribution in [3.63, 3.8) is 0 Å². The van der Waals surface area contributed by atoms with E-state index in [0.717, 1.165) is 32.5 Å². The van der Waals surface area contributed by atoms with Crippen LogP contribution in [0.1, 0.15) is 52.4 Å². The monoisotopic (exact) mass is 427 g/mol. The van der Waals surface area contributed by atoms with Crippen molar-refractivity contribution >= 4 is 26.7 Å². The molecule has 1 unspecified atom stereocenters. The van der Waals surface area contributed by atoms with Crippen molar-refractivity contribution in [2.45, 2.75) is 62.5 Å². The number of ether oxygens (including phenoxy) is 1. The highest BCUT2D eigenvalue weighted by Crippen LogP contribution is 2.25. The number of unbranched alkanes of at least 4 members (excludes halogenated alkanes) is 1. The Hall–Kier alpha value is -1.05. The molecule has 1 fully saturated rings. The van der Waals surface area contributed by atoms with Crippen molar-refractivity contribution in [3.05, 3.63) is 24.3 Å². The lowest BCUT2D eigenvalue weighted by atomic mass is 10.2. The van der Waals surface area contributed by atoms with Gasteiger partial charge >= 0.3 is 0 Å². The number of sulfone groups is 1. The number of carbonyl (C=O) groups is 1. The van der Waals surface area contributed by atoms with Crippen LogP contribution < -0.4 is 4.74 Å². The van der Waals surface area contributed by atoms with Gasteiger partial charge in [0, 0.05) is 12.7 Å². The van der Waals surface area contributed by atoms with Crippen LogP contribution in [-0.4, -0.2) is 55.7 Å². The maximum absolute atomic E-state index is 13.2. The van der Waals surface area contributed by atoms with Crippen LogP contribution in [0.5, 0.6) is 5.75 Å². The summed E-state index contributed by atoms with van der Waals surface area (Å²) in [5.41, 5.74) is 0.